The molecule has 2 aromatic rings. The highest BCUT2D eigenvalue weighted by atomic mass is 16.5. The van der Waals surface area contributed by atoms with Crippen LogP contribution in [0.15, 0.2) is 42.3 Å². The standard InChI is InChI=1S/C24H29NO3/c1-27-22-14-19-13-20(24(26)21(19)15-23(22)28-2)12-17-8-10-25(11-9-17)16-18-6-4-3-5-7-18/h3-7,14-15,17,20H,8-13,16H2,1-2H3/i3D,4D,5D,6D,7D,12D2,13D2,20D. The van der Waals surface area contributed by atoms with Gasteiger partial charge in [-0.05, 0) is 67.9 Å². The molecule has 0 amide bonds. The van der Waals surface area contributed by atoms with Crippen molar-refractivity contribution >= 4 is 5.78 Å². The lowest BCUT2D eigenvalue weighted by atomic mass is 9.85. The Kier molecular flexibility index (Phi) is 3.12. The number of carbonyl (C=O) groups excluding carboxylic acids is 1. The maximum absolute atomic E-state index is 13.5. The van der Waals surface area contributed by atoms with Gasteiger partial charge in [0.2, 0.25) is 0 Å². The summed E-state index contributed by atoms with van der Waals surface area (Å²) in [6.07, 6.45) is -4.81. The average molecular weight is 390 g/mol. The number of ketones is 1. The number of hydrogen-bond acceptors (Lipinski definition) is 4. The third kappa shape index (κ3) is 3.93. The molecule has 4 rings (SSSR count). The monoisotopic (exact) mass is 389 g/mol. The SMILES string of the molecule is [2H]c1c([2H])c([2H])c(CN2CCC(C([2H])([2H])C3([2H])C(=O)c4cc(OC)c(OC)cc4C3([2H])[2H])CC2)c([2H])c1[2H]. The molecule has 1 aliphatic heterocycles. The molecule has 0 N–H and O–H groups in total. The summed E-state index contributed by atoms with van der Waals surface area (Å²) in [5.74, 6) is -4.17. The summed E-state index contributed by atoms with van der Waals surface area (Å²) in [6, 6.07) is 0.711. The van der Waals surface area contributed by atoms with Gasteiger partial charge in [-0.25, -0.2) is 0 Å². The Labute approximate surface area is 181 Å². The molecule has 4 heteroatoms. The highest BCUT2D eigenvalue weighted by Gasteiger charge is 2.34. The molecular formula is C24H29NO3. The van der Waals surface area contributed by atoms with Crippen LogP contribution in [0.25, 0.3) is 0 Å². The highest BCUT2D eigenvalue weighted by Crippen LogP contribution is 2.39. The van der Waals surface area contributed by atoms with Gasteiger partial charge < -0.3 is 9.47 Å². The lowest BCUT2D eigenvalue weighted by Crippen LogP contribution is -2.34. The Morgan fingerprint density at radius 3 is 2.54 bits per heavy atom. The fourth-order valence-corrected chi connectivity index (χ4v) is 3.62. The number of methoxy groups -OCH3 is 2. The number of likely N-dealkylation sites (tertiary alicyclic amines) is 1. The molecule has 0 aromatic heterocycles. The normalized spacial score (nSPS) is 30.3. The molecule has 0 radical (unpaired) electrons. The van der Waals surface area contributed by atoms with E-state index in [2.05, 4.69) is 0 Å². The van der Waals surface area contributed by atoms with E-state index in [1.165, 1.54) is 26.4 Å². The maximum Gasteiger partial charge on any atom is 0.166 e. The largest absolute Gasteiger partial charge is 0.493 e. The minimum Gasteiger partial charge on any atom is -0.493 e. The Morgan fingerprint density at radius 2 is 1.86 bits per heavy atom. The van der Waals surface area contributed by atoms with Crippen LogP contribution in [-0.4, -0.2) is 38.0 Å². The van der Waals surface area contributed by atoms with Crippen LogP contribution in [0, 0.1) is 11.8 Å². The Bertz CT molecular complexity index is 1260. The van der Waals surface area contributed by atoms with Crippen LogP contribution in [0.3, 0.4) is 0 Å². The molecule has 0 saturated carbocycles. The molecular weight excluding hydrogens is 350 g/mol. The van der Waals surface area contributed by atoms with Crippen molar-refractivity contribution < 1.29 is 28.0 Å². The molecule has 1 aliphatic carbocycles. The van der Waals surface area contributed by atoms with Crippen molar-refractivity contribution in [3.8, 4) is 11.5 Å². The Hall–Kier alpha value is -2.33. The van der Waals surface area contributed by atoms with Gasteiger partial charge in [0, 0.05) is 24.9 Å². The first-order valence-corrected chi connectivity index (χ1v) is 9.24. The van der Waals surface area contributed by atoms with Gasteiger partial charge in [0.25, 0.3) is 0 Å². The first-order chi connectivity index (χ1) is 17.6. The summed E-state index contributed by atoms with van der Waals surface area (Å²) in [5, 5.41) is 0. The van der Waals surface area contributed by atoms with Crippen molar-refractivity contribution in [2.75, 3.05) is 27.3 Å². The zero-order valence-corrected chi connectivity index (χ0v) is 15.9. The van der Waals surface area contributed by atoms with Gasteiger partial charge in [0.1, 0.15) is 0 Å². The van der Waals surface area contributed by atoms with Gasteiger partial charge in [-0.3, -0.25) is 9.69 Å². The minimum atomic E-state index is -2.75. The first kappa shape index (κ1) is 10.4. The van der Waals surface area contributed by atoms with Crippen LogP contribution in [0.2, 0.25) is 0 Å². The van der Waals surface area contributed by atoms with E-state index in [1.807, 2.05) is 4.90 Å². The van der Waals surface area contributed by atoms with E-state index in [9.17, 15) is 4.79 Å². The van der Waals surface area contributed by atoms with E-state index in [0.29, 0.717) is 0 Å². The molecule has 28 heavy (non-hydrogen) atoms. The molecule has 1 heterocycles. The van der Waals surface area contributed by atoms with Crippen LogP contribution in [0.4, 0.5) is 0 Å². The maximum atomic E-state index is 13.5. The zero-order chi connectivity index (χ0) is 28.4. The molecule has 4 nitrogen and oxygen atoms in total. The summed E-state index contributed by atoms with van der Waals surface area (Å²) in [4.78, 5) is 15.3. The second-order valence-electron chi connectivity index (χ2n) is 6.88. The Balaban J connectivity index is 1.59. The number of piperidine rings is 1. The van der Waals surface area contributed by atoms with Crippen LogP contribution >= 0.6 is 0 Å². The van der Waals surface area contributed by atoms with Crippen LogP contribution in [0.1, 0.15) is 54.4 Å². The summed E-state index contributed by atoms with van der Waals surface area (Å²) in [5.41, 5.74) is -0.0714. The second-order valence-corrected chi connectivity index (χ2v) is 6.88. The van der Waals surface area contributed by atoms with E-state index in [-0.39, 0.29) is 72.8 Å². The smallest absolute Gasteiger partial charge is 0.166 e. The lowest BCUT2D eigenvalue weighted by molar-refractivity contribution is 0.0895. The minimum absolute atomic E-state index is 0.0717. The summed E-state index contributed by atoms with van der Waals surface area (Å²) in [6.45, 7) is 0.644. The Morgan fingerprint density at radius 1 is 1.18 bits per heavy atom. The number of benzene rings is 2. The zero-order valence-electron chi connectivity index (χ0n) is 25.9. The van der Waals surface area contributed by atoms with E-state index in [0.717, 1.165) is 0 Å². The van der Waals surface area contributed by atoms with E-state index in [1.54, 1.807) is 0 Å². The van der Waals surface area contributed by atoms with Crippen LogP contribution in [0.5, 0.6) is 11.5 Å². The fourth-order valence-electron chi connectivity index (χ4n) is 3.62. The predicted molar refractivity (Wildman–Crippen MR) is 110 cm³/mol. The fraction of sp³-hybridized carbons (Fsp3) is 0.458. The van der Waals surface area contributed by atoms with Gasteiger partial charge >= 0.3 is 0 Å². The number of rotatable bonds is 6. The summed E-state index contributed by atoms with van der Waals surface area (Å²) in [7, 11) is 2.73. The second kappa shape index (κ2) is 8.36. The van der Waals surface area contributed by atoms with E-state index < -0.39 is 48.5 Å². The van der Waals surface area contributed by atoms with E-state index >= 15 is 0 Å². The number of carbonyl (C=O) groups is 1. The van der Waals surface area contributed by atoms with E-state index in [4.69, 9.17) is 23.2 Å². The van der Waals surface area contributed by atoms with Gasteiger partial charge in [0.15, 0.2) is 17.3 Å². The van der Waals surface area contributed by atoms with Crippen molar-refractivity contribution in [1.82, 2.24) is 4.90 Å². The highest BCUT2D eigenvalue weighted by molar-refractivity contribution is 6.02. The molecule has 148 valence electrons. The third-order valence-electron chi connectivity index (χ3n) is 5.12. The molecule has 2 aliphatic rings. The lowest BCUT2D eigenvalue weighted by Gasteiger charge is -2.32. The molecule has 1 saturated heterocycles. The molecule has 0 spiro atoms. The molecule has 1 unspecified atom stereocenters. The average Bonchev–Trinajstić information content (AvgIpc) is 3.06. The van der Waals surface area contributed by atoms with Crippen molar-refractivity contribution in [3.63, 3.8) is 0 Å². The molecule has 1 fully saturated rings. The quantitative estimate of drug-likeness (QED) is 0.736. The van der Waals surface area contributed by atoms with Crippen LogP contribution < -0.4 is 9.47 Å². The topological polar surface area (TPSA) is 38.8 Å². The number of hydrogen-bond donors (Lipinski definition) is 0. The number of Topliss-reactive ketones (excluding diaryl/α,β-unsaturated/α-hetero) is 1. The first-order valence-electron chi connectivity index (χ1n) is 14.2. The van der Waals surface area contributed by atoms with Crippen LogP contribution in [-0.2, 0) is 12.9 Å². The van der Waals surface area contributed by atoms with Gasteiger partial charge in [-0.1, -0.05) is 30.2 Å². The van der Waals surface area contributed by atoms with Gasteiger partial charge in [0.05, 0.1) is 21.1 Å². The number of ether oxygens (including phenoxy) is 2. The van der Waals surface area contributed by atoms with Crippen molar-refractivity contribution in [2.24, 2.45) is 11.8 Å². The van der Waals surface area contributed by atoms with Gasteiger partial charge in [-0.2, -0.15) is 0 Å². The van der Waals surface area contributed by atoms with Crippen molar-refractivity contribution in [2.45, 2.75) is 32.1 Å². The number of nitrogens with zero attached hydrogens (tertiary/aromatic N) is 1. The summed E-state index contributed by atoms with van der Waals surface area (Å²) >= 11 is 0. The predicted octanol–water partition coefficient (Wildman–Crippen LogP) is 4.36. The molecule has 2 aromatic carbocycles. The molecule has 0 bridgehead atoms. The summed E-state index contributed by atoms with van der Waals surface area (Å²) < 4.78 is 94.5. The van der Waals surface area contributed by atoms with Gasteiger partial charge in [-0.15, -0.1) is 0 Å². The number of fused-ring (bicyclic) bond motifs is 1. The molecule has 1 atom stereocenters. The van der Waals surface area contributed by atoms with Crippen molar-refractivity contribution in [1.29, 1.82) is 0 Å². The van der Waals surface area contributed by atoms with Crippen molar-refractivity contribution in [3.05, 3.63) is 59.0 Å². The third-order valence-corrected chi connectivity index (χ3v) is 5.12.